The van der Waals surface area contributed by atoms with Crippen LogP contribution in [-0.4, -0.2) is 61.0 Å². The van der Waals surface area contributed by atoms with Crippen molar-refractivity contribution in [2.75, 3.05) is 33.2 Å². The Hall–Kier alpha value is -0.610. The quantitative estimate of drug-likeness (QED) is 0.834. The molecule has 0 aromatic heterocycles. The molecule has 0 saturated carbocycles. The van der Waals surface area contributed by atoms with E-state index < -0.39 is 0 Å². The van der Waals surface area contributed by atoms with Crippen LogP contribution >= 0.6 is 0 Å². The van der Waals surface area contributed by atoms with Gasteiger partial charge in [0.05, 0.1) is 0 Å². The molecule has 3 atom stereocenters. The third-order valence-corrected chi connectivity index (χ3v) is 4.74. The Kier molecular flexibility index (Phi) is 5.22. The van der Waals surface area contributed by atoms with Crippen molar-refractivity contribution in [2.45, 2.75) is 51.6 Å². The number of nitrogens with one attached hydrogen (secondary N) is 1. The second-order valence-electron chi connectivity index (χ2n) is 6.22. The molecule has 0 bridgehead atoms. The highest BCUT2D eigenvalue weighted by molar-refractivity contribution is 5.78. The molecule has 1 unspecified atom stereocenters. The van der Waals surface area contributed by atoms with E-state index in [1.54, 1.807) is 0 Å². The summed E-state index contributed by atoms with van der Waals surface area (Å²) >= 11 is 0. The fraction of sp³-hybridized carbons (Fsp3) is 0.933. The summed E-state index contributed by atoms with van der Waals surface area (Å²) < 4.78 is 0. The van der Waals surface area contributed by atoms with E-state index in [1.165, 1.54) is 19.4 Å². The minimum atomic E-state index is 0.234. The maximum absolute atomic E-state index is 12.5. The van der Waals surface area contributed by atoms with E-state index in [0.717, 1.165) is 32.5 Å². The average Bonchev–Trinajstić information content (AvgIpc) is 2.85. The standard InChI is InChI=1S/C15H29N3O/c1-4-18-9-5-6-14(18)11-17(3)15(19)13-7-8-16-12(2)10-13/h12-14,16H,4-11H2,1-3H3/t12-,13-,14?/m0/s1. The van der Waals surface area contributed by atoms with Crippen LogP contribution in [0, 0.1) is 5.92 Å². The predicted molar refractivity (Wildman–Crippen MR) is 78.1 cm³/mol. The third kappa shape index (κ3) is 3.69. The van der Waals surface area contributed by atoms with Crippen LogP contribution in [-0.2, 0) is 4.79 Å². The fourth-order valence-electron chi connectivity index (χ4n) is 3.59. The molecule has 0 spiro atoms. The molecule has 0 radical (unpaired) electrons. The smallest absolute Gasteiger partial charge is 0.225 e. The van der Waals surface area contributed by atoms with E-state index in [1.807, 2.05) is 11.9 Å². The molecule has 1 amide bonds. The van der Waals surface area contributed by atoms with Gasteiger partial charge in [-0.15, -0.1) is 0 Å². The van der Waals surface area contributed by atoms with Gasteiger partial charge in [-0.1, -0.05) is 6.92 Å². The summed E-state index contributed by atoms with van der Waals surface area (Å²) in [5, 5.41) is 3.42. The Morgan fingerprint density at radius 2 is 2.21 bits per heavy atom. The molecule has 0 aromatic carbocycles. The van der Waals surface area contributed by atoms with Crippen molar-refractivity contribution in [3.8, 4) is 0 Å². The third-order valence-electron chi connectivity index (χ3n) is 4.74. The number of likely N-dealkylation sites (tertiary alicyclic amines) is 1. The number of nitrogens with zero attached hydrogens (tertiary/aromatic N) is 2. The molecular formula is C15H29N3O. The first-order valence-corrected chi connectivity index (χ1v) is 7.84. The van der Waals surface area contributed by atoms with Crippen molar-refractivity contribution in [2.24, 2.45) is 5.92 Å². The maximum Gasteiger partial charge on any atom is 0.225 e. The fourth-order valence-corrected chi connectivity index (χ4v) is 3.59. The lowest BCUT2D eigenvalue weighted by molar-refractivity contribution is -0.136. The molecule has 110 valence electrons. The second-order valence-corrected chi connectivity index (χ2v) is 6.22. The molecule has 0 aliphatic carbocycles. The van der Waals surface area contributed by atoms with E-state index in [-0.39, 0.29) is 5.92 Å². The number of carbonyl (C=O) groups excluding carboxylic acids is 1. The molecule has 0 aromatic rings. The zero-order valence-electron chi connectivity index (χ0n) is 12.7. The molecular weight excluding hydrogens is 238 g/mol. The molecule has 2 aliphatic heterocycles. The van der Waals surface area contributed by atoms with Crippen LogP contribution in [0.25, 0.3) is 0 Å². The number of piperidine rings is 1. The van der Waals surface area contributed by atoms with Gasteiger partial charge in [-0.2, -0.15) is 0 Å². The lowest BCUT2D eigenvalue weighted by Gasteiger charge is -2.33. The largest absolute Gasteiger partial charge is 0.344 e. The number of likely N-dealkylation sites (N-methyl/N-ethyl adjacent to an activating group) is 2. The van der Waals surface area contributed by atoms with Gasteiger partial charge in [0.1, 0.15) is 0 Å². The van der Waals surface area contributed by atoms with E-state index >= 15 is 0 Å². The Labute approximate surface area is 117 Å². The van der Waals surface area contributed by atoms with Crippen molar-refractivity contribution in [1.29, 1.82) is 0 Å². The summed E-state index contributed by atoms with van der Waals surface area (Å²) in [4.78, 5) is 17.0. The molecule has 2 rings (SSSR count). The lowest BCUT2D eigenvalue weighted by Crippen LogP contribution is -2.46. The molecule has 19 heavy (non-hydrogen) atoms. The van der Waals surface area contributed by atoms with E-state index in [2.05, 4.69) is 24.1 Å². The van der Waals surface area contributed by atoms with E-state index in [4.69, 9.17) is 0 Å². The van der Waals surface area contributed by atoms with Gasteiger partial charge in [0.2, 0.25) is 5.91 Å². The monoisotopic (exact) mass is 267 g/mol. The number of hydrogen-bond donors (Lipinski definition) is 1. The predicted octanol–water partition coefficient (Wildman–Crippen LogP) is 1.32. The highest BCUT2D eigenvalue weighted by Gasteiger charge is 2.30. The zero-order chi connectivity index (χ0) is 13.8. The van der Waals surface area contributed by atoms with Crippen LogP contribution in [0.3, 0.4) is 0 Å². The summed E-state index contributed by atoms with van der Waals surface area (Å²) in [6.45, 7) is 8.59. The van der Waals surface area contributed by atoms with Crippen LogP contribution in [0.5, 0.6) is 0 Å². The Morgan fingerprint density at radius 3 is 2.89 bits per heavy atom. The molecule has 4 heteroatoms. The van der Waals surface area contributed by atoms with Crippen molar-refractivity contribution in [3.05, 3.63) is 0 Å². The number of hydrogen-bond acceptors (Lipinski definition) is 3. The normalized spacial score (nSPS) is 32.5. The maximum atomic E-state index is 12.5. The SMILES string of the molecule is CCN1CCCC1CN(C)C(=O)[C@H]1CCN[C@@H](C)C1. The first-order valence-electron chi connectivity index (χ1n) is 7.84. The zero-order valence-corrected chi connectivity index (χ0v) is 12.7. The number of amides is 1. The number of rotatable bonds is 4. The number of carbonyl (C=O) groups is 1. The Bertz CT molecular complexity index is 308. The molecule has 2 aliphatic rings. The first-order chi connectivity index (χ1) is 9.11. The molecule has 2 fully saturated rings. The van der Waals surface area contributed by atoms with Gasteiger partial charge in [0.25, 0.3) is 0 Å². The topological polar surface area (TPSA) is 35.6 Å². The van der Waals surface area contributed by atoms with E-state index in [0.29, 0.717) is 18.0 Å². The minimum absolute atomic E-state index is 0.234. The highest BCUT2D eigenvalue weighted by Crippen LogP contribution is 2.21. The van der Waals surface area contributed by atoms with Crippen LogP contribution in [0.1, 0.15) is 39.5 Å². The van der Waals surface area contributed by atoms with Crippen molar-refractivity contribution < 1.29 is 4.79 Å². The molecule has 1 N–H and O–H groups in total. The van der Waals surface area contributed by atoms with Crippen LogP contribution < -0.4 is 5.32 Å². The summed E-state index contributed by atoms with van der Waals surface area (Å²) in [6.07, 6.45) is 4.51. The second kappa shape index (κ2) is 6.71. The highest BCUT2D eigenvalue weighted by atomic mass is 16.2. The van der Waals surface area contributed by atoms with E-state index in [9.17, 15) is 4.79 Å². The van der Waals surface area contributed by atoms with Crippen LogP contribution in [0.15, 0.2) is 0 Å². The van der Waals surface area contributed by atoms with Gasteiger partial charge in [-0.3, -0.25) is 9.69 Å². The summed E-state index contributed by atoms with van der Waals surface area (Å²) in [5.41, 5.74) is 0. The first kappa shape index (κ1) is 14.8. The average molecular weight is 267 g/mol. The van der Waals surface area contributed by atoms with Gasteiger partial charge >= 0.3 is 0 Å². The van der Waals surface area contributed by atoms with Gasteiger partial charge in [-0.05, 0) is 52.2 Å². The van der Waals surface area contributed by atoms with Gasteiger partial charge in [-0.25, -0.2) is 0 Å². The summed E-state index contributed by atoms with van der Waals surface area (Å²) in [6, 6.07) is 1.06. The van der Waals surface area contributed by atoms with Crippen molar-refractivity contribution in [3.63, 3.8) is 0 Å². The van der Waals surface area contributed by atoms with Gasteiger partial charge in [0.15, 0.2) is 0 Å². The minimum Gasteiger partial charge on any atom is -0.344 e. The Morgan fingerprint density at radius 1 is 1.42 bits per heavy atom. The molecule has 2 heterocycles. The lowest BCUT2D eigenvalue weighted by atomic mass is 9.92. The van der Waals surface area contributed by atoms with Crippen LogP contribution in [0.4, 0.5) is 0 Å². The summed E-state index contributed by atoms with van der Waals surface area (Å²) in [5.74, 6) is 0.592. The molecule has 2 saturated heterocycles. The van der Waals surface area contributed by atoms with Crippen LogP contribution in [0.2, 0.25) is 0 Å². The summed E-state index contributed by atoms with van der Waals surface area (Å²) in [7, 11) is 1.99. The molecule has 4 nitrogen and oxygen atoms in total. The van der Waals surface area contributed by atoms with Gasteiger partial charge in [0, 0.05) is 31.6 Å². The van der Waals surface area contributed by atoms with Gasteiger partial charge < -0.3 is 10.2 Å². The Balaban J connectivity index is 1.84. The van der Waals surface area contributed by atoms with Crippen molar-refractivity contribution >= 4 is 5.91 Å². The van der Waals surface area contributed by atoms with Crippen molar-refractivity contribution in [1.82, 2.24) is 15.1 Å².